The van der Waals surface area contributed by atoms with Crippen LogP contribution in [0.25, 0.3) is 0 Å². The Morgan fingerprint density at radius 3 is 2.70 bits per heavy atom. The van der Waals surface area contributed by atoms with Crippen LogP contribution in [0.2, 0.25) is 0 Å². The predicted octanol–water partition coefficient (Wildman–Crippen LogP) is 6.51. The van der Waals surface area contributed by atoms with Crippen LogP contribution < -0.4 is 11.1 Å². The highest BCUT2D eigenvalue weighted by Crippen LogP contribution is 2.41. The number of hydrogen-bond donors (Lipinski definition) is 2. The maximum Gasteiger partial charge on any atom is 0.133 e. The van der Waals surface area contributed by atoms with E-state index in [4.69, 9.17) is 15.7 Å². The number of nitrogens with one attached hydrogen (secondary N) is 1. The van der Waals surface area contributed by atoms with E-state index >= 15 is 0 Å². The van der Waals surface area contributed by atoms with Crippen molar-refractivity contribution >= 4 is 11.5 Å². The van der Waals surface area contributed by atoms with Crippen molar-refractivity contribution < 1.29 is 4.39 Å². The van der Waals surface area contributed by atoms with Crippen molar-refractivity contribution in [3.8, 4) is 6.07 Å². The summed E-state index contributed by atoms with van der Waals surface area (Å²) in [5.41, 5.74) is 12.6. The van der Waals surface area contributed by atoms with Gasteiger partial charge in [0.25, 0.3) is 0 Å². The molecule has 0 spiro atoms. The van der Waals surface area contributed by atoms with Gasteiger partial charge in [-0.05, 0) is 100 Å². The molecule has 0 amide bonds. The standard InChI is InChI=1S/C25H33N5.C8H14FN/c1-4-6-16-9-11-20(27)19(14-26)24(16)17-8-10-18-22(13-17)28-23(5-2)30-25(18)29-21-12-7-15(21)3;1-8-3-2-4-10(8)6-7(9)5-8/h9,11,15,17,21H,4-8,10,12-13,27H2,1-3H3,(H,28,29,30);7H,2-6H2,1H3. The molecule has 2 aliphatic carbocycles. The molecule has 3 fully saturated rings. The van der Waals surface area contributed by atoms with Crippen LogP contribution in [0.1, 0.15) is 112 Å². The minimum atomic E-state index is -0.551. The number of halogens is 1. The first-order chi connectivity index (χ1) is 19.3. The number of nitrogens with two attached hydrogens (primary N) is 1. The third kappa shape index (κ3) is 5.70. The van der Waals surface area contributed by atoms with Crippen LogP contribution in [0.15, 0.2) is 12.1 Å². The number of rotatable bonds is 6. The molecular weight excluding hydrogens is 499 g/mol. The van der Waals surface area contributed by atoms with Crippen LogP contribution in [0.3, 0.4) is 0 Å². The first-order valence-corrected chi connectivity index (χ1v) is 15.6. The minimum Gasteiger partial charge on any atom is -0.398 e. The fourth-order valence-corrected chi connectivity index (χ4v) is 7.41. The number of hydrogen-bond acceptors (Lipinski definition) is 6. The van der Waals surface area contributed by atoms with E-state index in [9.17, 15) is 9.65 Å². The van der Waals surface area contributed by atoms with E-state index in [-0.39, 0.29) is 11.5 Å². The Bertz CT molecular complexity index is 1250. The van der Waals surface area contributed by atoms with Crippen LogP contribution in [-0.4, -0.2) is 45.7 Å². The molecule has 2 saturated heterocycles. The first-order valence-electron chi connectivity index (χ1n) is 15.6. The molecule has 2 aliphatic heterocycles. The molecule has 5 unspecified atom stereocenters. The number of anilines is 2. The van der Waals surface area contributed by atoms with E-state index in [1.54, 1.807) is 0 Å². The number of alkyl halides is 1. The Hall–Kier alpha value is -2.72. The van der Waals surface area contributed by atoms with Crippen LogP contribution in [-0.2, 0) is 25.7 Å². The van der Waals surface area contributed by atoms with Gasteiger partial charge in [-0.25, -0.2) is 14.4 Å². The van der Waals surface area contributed by atoms with Gasteiger partial charge in [0.15, 0.2) is 0 Å². The zero-order chi connectivity index (χ0) is 28.4. The molecule has 7 heteroatoms. The lowest BCUT2D eigenvalue weighted by Crippen LogP contribution is -2.37. The average molecular weight is 547 g/mol. The predicted molar refractivity (Wildman–Crippen MR) is 160 cm³/mol. The van der Waals surface area contributed by atoms with Gasteiger partial charge in [-0.3, -0.25) is 4.90 Å². The second-order valence-corrected chi connectivity index (χ2v) is 12.8. The van der Waals surface area contributed by atoms with Crippen LogP contribution in [0.4, 0.5) is 15.9 Å². The molecule has 3 N–H and O–H groups in total. The number of aromatic nitrogens is 2. The van der Waals surface area contributed by atoms with Gasteiger partial charge in [-0.1, -0.05) is 33.3 Å². The molecule has 6 nitrogen and oxygen atoms in total. The van der Waals surface area contributed by atoms with Crippen molar-refractivity contribution in [3.63, 3.8) is 0 Å². The summed E-state index contributed by atoms with van der Waals surface area (Å²) in [6.45, 7) is 10.6. The van der Waals surface area contributed by atoms with Gasteiger partial charge in [0.1, 0.15) is 23.9 Å². The summed E-state index contributed by atoms with van der Waals surface area (Å²) in [6, 6.07) is 6.93. The maximum absolute atomic E-state index is 12.8. The summed E-state index contributed by atoms with van der Waals surface area (Å²) in [7, 11) is 0. The van der Waals surface area contributed by atoms with Gasteiger partial charge in [0, 0.05) is 35.8 Å². The summed E-state index contributed by atoms with van der Waals surface area (Å²) in [5, 5.41) is 13.6. The largest absolute Gasteiger partial charge is 0.398 e. The highest BCUT2D eigenvalue weighted by atomic mass is 19.1. The lowest BCUT2D eigenvalue weighted by Gasteiger charge is -2.36. The Kier molecular flexibility index (Phi) is 8.66. The van der Waals surface area contributed by atoms with Gasteiger partial charge >= 0.3 is 0 Å². The van der Waals surface area contributed by atoms with E-state index in [0.29, 0.717) is 29.8 Å². The highest BCUT2D eigenvalue weighted by Gasteiger charge is 2.44. The van der Waals surface area contributed by atoms with Crippen molar-refractivity contribution in [2.45, 2.75) is 122 Å². The topological polar surface area (TPSA) is 90.9 Å². The van der Waals surface area contributed by atoms with Crippen LogP contribution in [0, 0.1) is 17.2 Å². The Morgan fingerprint density at radius 2 is 2.05 bits per heavy atom. The van der Waals surface area contributed by atoms with Gasteiger partial charge in [0.2, 0.25) is 0 Å². The average Bonchev–Trinajstić information content (AvgIpc) is 3.43. The number of benzene rings is 1. The van der Waals surface area contributed by atoms with E-state index in [0.717, 1.165) is 74.4 Å². The molecule has 2 aromatic rings. The monoisotopic (exact) mass is 546 g/mol. The van der Waals surface area contributed by atoms with Crippen LogP contribution >= 0.6 is 0 Å². The number of nitriles is 1. The number of nitrogens with zero attached hydrogens (tertiary/aromatic N) is 4. The van der Waals surface area contributed by atoms with E-state index < -0.39 is 6.17 Å². The fourth-order valence-electron chi connectivity index (χ4n) is 7.41. The molecule has 0 bridgehead atoms. The molecule has 0 radical (unpaired) electrons. The Labute approximate surface area is 240 Å². The summed E-state index contributed by atoms with van der Waals surface area (Å²) in [5.74, 6) is 2.95. The van der Waals surface area contributed by atoms with Crippen molar-refractivity contribution in [1.29, 1.82) is 5.26 Å². The molecule has 1 aromatic carbocycles. The third-order valence-electron chi connectivity index (χ3n) is 9.97. The Balaban J connectivity index is 0.000000269. The summed E-state index contributed by atoms with van der Waals surface area (Å²) in [6.07, 6.45) is 10.9. The third-order valence-corrected chi connectivity index (χ3v) is 9.97. The zero-order valence-corrected chi connectivity index (χ0v) is 24.9. The number of aryl methyl sites for hydroxylation is 2. The molecule has 216 valence electrons. The minimum absolute atomic E-state index is 0.236. The van der Waals surface area contributed by atoms with E-state index in [1.807, 2.05) is 6.07 Å². The van der Waals surface area contributed by atoms with E-state index in [2.05, 4.69) is 50.0 Å². The second kappa shape index (κ2) is 12.0. The molecule has 3 heterocycles. The number of nitrogen functional groups attached to an aromatic ring is 1. The molecule has 1 aromatic heterocycles. The normalized spacial score (nSPS) is 29.0. The summed E-state index contributed by atoms with van der Waals surface area (Å²) < 4.78 is 12.8. The van der Waals surface area contributed by atoms with Crippen molar-refractivity contribution in [3.05, 3.63) is 45.9 Å². The zero-order valence-electron chi connectivity index (χ0n) is 24.9. The molecule has 1 saturated carbocycles. The molecular formula is C33H47FN6. The van der Waals surface area contributed by atoms with Gasteiger partial charge in [0.05, 0.1) is 11.3 Å². The van der Waals surface area contributed by atoms with Crippen molar-refractivity contribution in [2.75, 3.05) is 24.1 Å². The highest BCUT2D eigenvalue weighted by molar-refractivity contribution is 5.62. The van der Waals surface area contributed by atoms with Gasteiger partial charge in [-0.15, -0.1) is 0 Å². The quantitative estimate of drug-likeness (QED) is 0.401. The van der Waals surface area contributed by atoms with Crippen LogP contribution in [0.5, 0.6) is 0 Å². The summed E-state index contributed by atoms with van der Waals surface area (Å²) in [4.78, 5) is 12.1. The lowest BCUT2D eigenvalue weighted by atomic mass is 9.77. The van der Waals surface area contributed by atoms with Gasteiger partial charge < -0.3 is 11.1 Å². The smallest absolute Gasteiger partial charge is 0.133 e. The van der Waals surface area contributed by atoms with Crippen molar-refractivity contribution in [2.24, 2.45) is 5.92 Å². The fraction of sp³-hybridized carbons (Fsp3) is 0.667. The molecule has 40 heavy (non-hydrogen) atoms. The lowest BCUT2D eigenvalue weighted by molar-refractivity contribution is 0.217. The van der Waals surface area contributed by atoms with Crippen molar-refractivity contribution in [1.82, 2.24) is 14.9 Å². The number of fused-ring (bicyclic) bond motifs is 2. The van der Waals surface area contributed by atoms with E-state index in [1.165, 1.54) is 36.8 Å². The van der Waals surface area contributed by atoms with Gasteiger partial charge in [-0.2, -0.15) is 5.26 Å². The first kappa shape index (κ1) is 28.8. The molecule has 5 atom stereocenters. The summed E-state index contributed by atoms with van der Waals surface area (Å²) >= 11 is 0. The SMILES string of the molecule is CC12CCCN1CC(F)C2.CCCc1ccc(N)c(C#N)c1C1CCc2c(nc(CC)nc2NC2CCC2C)C1. The second-order valence-electron chi connectivity index (χ2n) is 12.8. The maximum atomic E-state index is 12.8. The Morgan fingerprint density at radius 1 is 1.23 bits per heavy atom. The molecule has 4 aliphatic rings. The molecule has 6 rings (SSSR count).